The maximum Gasteiger partial charge on any atom is 0.276 e. The number of aromatic nitrogens is 2. The predicted molar refractivity (Wildman–Crippen MR) is 69.6 cm³/mol. The summed E-state index contributed by atoms with van der Waals surface area (Å²) in [5.41, 5.74) is 2.71. The Morgan fingerprint density at radius 3 is 2.95 bits per heavy atom. The number of halogens is 1. The lowest BCUT2D eigenvalue weighted by Crippen LogP contribution is -2.15. The summed E-state index contributed by atoms with van der Waals surface area (Å²) in [6.45, 7) is 0. The molecule has 0 saturated heterocycles. The van der Waals surface area contributed by atoms with E-state index in [9.17, 15) is 9.18 Å². The highest BCUT2D eigenvalue weighted by atomic mass is 19.1. The van der Waals surface area contributed by atoms with Crippen LogP contribution in [0.5, 0.6) is 0 Å². The van der Waals surface area contributed by atoms with Gasteiger partial charge in [0.05, 0.1) is 5.69 Å². The zero-order valence-electron chi connectivity index (χ0n) is 10.6. The Hall–Kier alpha value is -2.17. The first-order valence-corrected chi connectivity index (χ1v) is 6.27. The van der Waals surface area contributed by atoms with E-state index in [1.165, 1.54) is 12.1 Å². The average molecular weight is 259 g/mol. The van der Waals surface area contributed by atoms with E-state index in [0.29, 0.717) is 5.69 Å². The van der Waals surface area contributed by atoms with Crippen molar-refractivity contribution in [3.63, 3.8) is 0 Å². The standard InChI is InChI=1S/C14H14FN3O/c1-18-12-8-4-5-9(12)13(17-18)14(19)16-11-7-3-2-6-10(11)15/h2-3,6-7H,4-5,8H2,1H3,(H,16,19). The van der Waals surface area contributed by atoms with Gasteiger partial charge in [-0.15, -0.1) is 0 Å². The Kier molecular flexibility index (Phi) is 2.81. The van der Waals surface area contributed by atoms with Crippen LogP contribution >= 0.6 is 0 Å². The van der Waals surface area contributed by atoms with Crippen LogP contribution in [0.4, 0.5) is 10.1 Å². The zero-order valence-corrected chi connectivity index (χ0v) is 10.6. The highest BCUT2D eigenvalue weighted by Gasteiger charge is 2.25. The van der Waals surface area contributed by atoms with Crippen molar-refractivity contribution in [3.8, 4) is 0 Å². The number of benzene rings is 1. The molecule has 0 radical (unpaired) electrons. The van der Waals surface area contributed by atoms with Crippen LogP contribution in [-0.2, 0) is 19.9 Å². The molecule has 1 aromatic heterocycles. The lowest BCUT2D eigenvalue weighted by Gasteiger charge is -2.05. The lowest BCUT2D eigenvalue weighted by molar-refractivity contribution is 0.102. The first-order valence-electron chi connectivity index (χ1n) is 6.27. The zero-order chi connectivity index (χ0) is 13.4. The van der Waals surface area contributed by atoms with Gasteiger partial charge in [-0.05, 0) is 31.4 Å². The number of fused-ring (bicyclic) bond motifs is 1. The second-order valence-electron chi connectivity index (χ2n) is 4.68. The topological polar surface area (TPSA) is 46.9 Å². The van der Waals surface area contributed by atoms with Gasteiger partial charge in [-0.25, -0.2) is 4.39 Å². The molecule has 0 saturated carbocycles. The number of anilines is 1. The summed E-state index contributed by atoms with van der Waals surface area (Å²) in [7, 11) is 1.84. The number of hydrogen-bond donors (Lipinski definition) is 1. The van der Waals surface area contributed by atoms with E-state index in [1.54, 1.807) is 16.8 Å². The third-order valence-corrected chi connectivity index (χ3v) is 3.45. The summed E-state index contributed by atoms with van der Waals surface area (Å²) in [6, 6.07) is 6.12. The van der Waals surface area contributed by atoms with Crippen LogP contribution in [0.1, 0.15) is 28.2 Å². The molecule has 1 aliphatic rings. The van der Waals surface area contributed by atoms with Gasteiger partial charge in [-0.2, -0.15) is 5.10 Å². The molecule has 3 rings (SSSR count). The number of nitrogens with zero attached hydrogens (tertiary/aromatic N) is 2. The van der Waals surface area contributed by atoms with Crippen LogP contribution in [0.25, 0.3) is 0 Å². The highest BCUT2D eigenvalue weighted by molar-refractivity contribution is 6.04. The van der Waals surface area contributed by atoms with Gasteiger partial charge >= 0.3 is 0 Å². The number of para-hydroxylation sites is 1. The molecule has 19 heavy (non-hydrogen) atoms. The van der Waals surface area contributed by atoms with E-state index in [4.69, 9.17) is 0 Å². The third-order valence-electron chi connectivity index (χ3n) is 3.45. The second kappa shape index (κ2) is 4.50. The summed E-state index contributed by atoms with van der Waals surface area (Å²) in [6.07, 6.45) is 2.86. The summed E-state index contributed by atoms with van der Waals surface area (Å²) in [5.74, 6) is -0.785. The van der Waals surface area contributed by atoms with Gasteiger partial charge in [0.2, 0.25) is 0 Å². The van der Waals surface area contributed by atoms with E-state index in [2.05, 4.69) is 10.4 Å². The quantitative estimate of drug-likeness (QED) is 0.899. The minimum Gasteiger partial charge on any atom is -0.318 e. The molecule has 1 heterocycles. The Balaban J connectivity index is 1.90. The average Bonchev–Trinajstić information content (AvgIpc) is 2.97. The van der Waals surface area contributed by atoms with Crippen molar-refractivity contribution in [2.45, 2.75) is 19.3 Å². The van der Waals surface area contributed by atoms with Crippen molar-refractivity contribution >= 4 is 11.6 Å². The van der Waals surface area contributed by atoms with Crippen LogP contribution in [0.3, 0.4) is 0 Å². The molecule has 0 unspecified atom stereocenters. The monoisotopic (exact) mass is 259 g/mol. The lowest BCUT2D eigenvalue weighted by atomic mass is 10.2. The van der Waals surface area contributed by atoms with Gasteiger partial charge < -0.3 is 5.32 Å². The predicted octanol–water partition coefficient (Wildman–Crippen LogP) is 2.30. The number of amides is 1. The highest BCUT2D eigenvalue weighted by Crippen LogP contribution is 2.25. The van der Waals surface area contributed by atoms with E-state index in [0.717, 1.165) is 30.5 Å². The first-order chi connectivity index (χ1) is 9.16. The smallest absolute Gasteiger partial charge is 0.276 e. The second-order valence-corrected chi connectivity index (χ2v) is 4.68. The number of carbonyl (C=O) groups is 1. The Morgan fingerprint density at radius 2 is 2.16 bits per heavy atom. The SMILES string of the molecule is Cn1nc(C(=O)Nc2ccccc2F)c2c1CCC2. The summed E-state index contributed by atoms with van der Waals surface area (Å²) < 4.78 is 15.3. The fourth-order valence-electron chi connectivity index (χ4n) is 2.54. The molecule has 1 N–H and O–H groups in total. The van der Waals surface area contributed by atoms with Crippen molar-refractivity contribution in [1.82, 2.24) is 9.78 Å². The molecule has 4 nitrogen and oxygen atoms in total. The molecule has 0 bridgehead atoms. The number of carbonyl (C=O) groups excluding carboxylic acids is 1. The van der Waals surface area contributed by atoms with Gasteiger partial charge in [-0.1, -0.05) is 12.1 Å². The van der Waals surface area contributed by atoms with Crippen molar-refractivity contribution in [1.29, 1.82) is 0 Å². The molecule has 0 atom stereocenters. The number of rotatable bonds is 2. The van der Waals surface area contributed by atoms with Crippen molar-refractivity contribution in [3.05, 3.63) is 47.0 Å². The molecule has 0 aliphatic heterocycles. The van der Waals surface area contributed by atoms with Crippen LogP contribution in [0.15, 0.2) is 24.3 Å². The maximum atomic E-state index is 13.5. The van der Waals surface area contributed by atoms with Gasteiger partial charge in [0.15, 0.2) is 5.69 Å². The van der Waals surface area contributed by atoms with Crippen LogP contribution in [0.2, 0.25) is 0 Å². The van der Waals surface area contributed by atoms with Crippen LogP contribution in [-0.4, -0.2) is 15.7 Å². The molecule has 0 spiro atoms. The Labute approximate surface area is 110 Å². The fourth-order valence-corrected chi connectivity index (χ4v) is 2.54. The van der Waals surface area contributed by atoms with Gasteiger partial charge in [0, 0.05) is 18.3 Å². The molecular weight excluding hydrogens is 245 g/mol. The molecular formula is C14H14FN3O. The number of hydrogen-bond acceptors (Lipinski definition) is 2. The fraction of sp³-hybridized carbons (Fsp3) is 0.286. The van der Waals surface area contributed by atoms with E-state index in [-0.39, 0.29) is 11.6 Å². The van der Waals surface area contributed by atoms with Crippen molar-refractivity contribution < 1.29 is 9.18 Å². The Morgan fingerprint density at radius 1 is 1.37 bits per heavy atom. The van der Waals surface area contributed by atoms with Crippen molar-refractivity contribution in [2.24, 2.45) is 7.05 Å². The molecule has 1 aliphatic carbocycles. The van der Waals surface area contributed by atoms with Gasteiger partial charge in [0.25, 0.3) is 5.91 Å². The number of nitrogens with one attached hydrogen (secondary N) is 1. The Bertz CT molecular complexity index is 648. The molecule has 0 fully saturated rings. The van der Waals surface area contributed by atoms with Crippen LogP contribution < -0.4 is 5.32 Å². The molecule has 5 heteroatoms. The minimum absolute atomic E-state index is 0.185. The van der Waals surface area contributed by atoms with Gasteiger partial charge in [0.1, 0.15) is 5.82 Å². The molecule has 1 aromatic carbocycles. The molecule has 98 valence electrons. The third kappa shape index (κ3) is 2.01. The largest absolute Gasteiger partial charge is 0.318 e. The van der Waals surface area contributed by atoms with Crippen LogP contribution in [0, 0.1) is 5.82 Å². The first kappa shape index (κ1) is 11.9. The van der Waals surface area contributed by atoms with E-state index >= 15 is 0 Å². The van der Waals surface area contributed by atoms with Crippen molar-refractivity contribution in [2.75, 3.05) is 5.32 Å². The van der Waals surface area contributed by atoms with Gasteiger partial charge in [-0.3, -0.25) is 9.48 Å². The normalized spacial score (nSPS) is 13.4. The minimum atomic E-state index is -0.441. The molecule has 1 amide bonds. The van der Waals surface area contributed by atoms with E-state index in [1.807, 2.05) is 7.05 Å². The number of aryl methyl sites for hydroxylation is 1. The summed E-state index contributed by atoms with van der Waals surface area (Å²) in [5, 5.41) is 6.82. The van der Waals surface area contributed by atoms with E-state index < -0.39 is 5.82 Å². The summed E-state index contributed by atoms with van der Waals surface area (Å²) in [4.78, 5) is 12.2. The summed E-state index contributed by atoms with van der Waals surface area (Å²) >= 11 is 0. The molecule has 2 aromatic rings. The maximum absolute atomic E-state index is 13.5.